The first-order valence-corrected chi connectivity index (χ1v) is 7.61. The van der Waals surface area contributed by atoms with Crippen LogP contribution in [0.15, 0.2) is 29.8 Å². The van der Waals surface area contributed by atoms with Crippen molar-refractivity contribution in [2.75, 3.05) is 5.32 Å². The monoisotopic (exact) mass is 300 g/mol. The fraction of sp³-hybridized carbons (Fsp3) is 0.267. The van der Waals surface area contributed by atoms with Crippen molar-refractivity contribution >= 4 is 33.4 Å². The summed E-state index contributed by atoms with van der Waals surface area (Å²) >= 11 is 1.40. The zero-order valence-electron chi connectivity index (χ0n) is 12.1. The highest BCUT2D eigenvalue weighted by Gasteiger charge is 2.14. The van der Waals surface area contributed by atoms with Crippen molar-refractivity contribution in [3.05, 3.63) is 41.2 Å². The first kappa shape index (κ1) is 13.8. The van der Waals surface area contributed by atoms with Crippen LogP contribution in [0.1, 0.15) is 35.9 Å². The number of fused-ring (bicyclic) bond motifs is 1. The van der Waals surface area contributed by atoms with E-state index in [1.54, 1.807) is 6.20 Å². The minimum Gasteiger partial charge on any atom is -0.331 e. The minimum absolute atomic E-state index is 0.163. The SMILES string of the molecule is CC(C)c1nc2cc(C(=O)Nc3nccs3)ccc2n1C. The molecule has 1 aromatic carbocycles. The zero-order chi connectivity index (χ0) is 15.0. The first-order chi connectivity index (χ1) is 10.1. The van der Waals surface area contributed by atoms with Crippen molar-refractivity contribution in [1.82, 2.24) is 14.5 Å². The molecule has 21 heavy (non-hydrogen) atoms. The van der Waals surface area contributed by atoms with Gasteiger partial charge in [0.05, 0.1) is 11.0 Å². The van der Waals surface area contributed by atoms with Gasteiger partial charge in [-0.05, 0) is 18.2 Å². The number of amides is 1. The maximum Gasteiger partial charge on any atom is 0.257 e. The summed E-state index contributed by atoms with van der Waals surface area (Å²) in [7, 11) is 2.00. The van der Waals surface area contributed by atoms with Crippen LogP contribution in [0.4, 0.5) is 5.13 Å². The van der Waals surface area contributed by atoms with Gasteiger partial charge in [0, 0.05) is 30.1 Å². The Bertz CT molecular complexity index is 789. The van der Waals surface area contributed by atoms with Gasteiger partial charge < -0.3 is 4.57 Å². The topological polar surface area (TPSA) is 59.8 Å². The number of carbonyl (C=O) groups excluding carboxylic acids is 1. The number of nitrogens with zero attached hydrogens (tertiary/aromatic N) is 3. The van der Waals surface area contributed by atoms with Crippen LogP contribution in [0.2, 0.25) is 0 Å². The molecule has 0 bridgehead atoms. The van der Waals surface area contributed by atoms with Crippen LogP contribution in [0.25, 0.3) is 11.0 Å². The van der Waals surface area contributed by atoms with E-state index in [1.807, 2.05) is 30.6 Å². The molecular formula is C15H16N4OS. The number of carbonyl (C=O) groups is 1. The van der Waals surface area contributed by atoms with Crippen molar-refractivity contribution in [1.29, 1.82) is 0 Å². The Balaban J connectivity index is 1.95. The number of nitrogens with one attached hydrogen (secondary N) is 1. The summed E-state index contributed by atoms with van der Waals surface area (Å²) in [4.78, 5) is 20.9. The van der Waals surface area contributed by atoms with Gasteiger partial charge in [-0.2, -0.15) is 0 Å². The number of aromatic nitrogens is 3. The Kier molecular flexibility index (Phi) is 3.47. The number of imidazole rings is 1. The average Bonchev–Trinajstić information content (AvgIpc) is 3.06. The molecule has 2 heterocycles. The van der Waals surface area contributed by atoms with E-state index >= 15 is 0 Å². The summed E-state index contributed by atoms with van der Waals surface area (Å²) in [6.45, 7) is 4.22. The third-order valence-electron chi connectivity index (χ3n) is 3.35. The van der Waals surface area contributed by atoms with E-state index in [9.17, 15) is 4.79 Å². The number of hydrogen-bond acceptors (Lipinski definition) is 4. The molecule has 0 aliphatic carbocycles. The summed E-state index contributed by atoms with van der Waals surface area (Å²) < 4.78 is 2.07. The molecule has 0 unspecified atom stereocenters. The molecule has 0 atom stereocenters. The lowest BCUT2D eigenvalue weighted by Crippen LogP contribution is -2.11. The predicted molar refractivity (Wildman–Crippen MR) is 84.9 cm³/mol. The molecule has 0 aliphatic heterocycles. The van der Waals surface area contributed by atoms with Crippen LogP contribution in [-0.2, 0) is 7.05 Å². The Morgan fingerprint density at radius 2 is 2.19 bits per heavy atom. The van der Waals surface area contributed by atoms with E-state index in [4.69, 9.17) is 0 Å². The smallest absolute Gasteiger partial charge is 0.257 e. The van der Waals surface area contributed by atoms with Crippen molar-refractivity contribution in [2.24, 2.45) is 7.05 Å². The highest BCUT2D eigenvalue weighted by molar-refractivity contribution is 7.13. The minimum atomic E-state index is -0.163. The van der Waals surface area contributed by atoms with Crippen LogP contribution in [0.3, 0.4) is 0 Å². The molecule has 0 saturated carbocycles. The Morgan fingerprint density at radius 1 is 1.38 bits per heavy atom. The Hall–Kier alpha value is -2.21. The van der Waals surface area contributed by atoms with Crippen LogP contribution >= 0.6 is 11.3 Å². The molecule has 0 spiro atoms. The number of rotatable bonds is 3. The highest BCUT2D eigenvalue weighted by atomic mass is 32.1. The standard InChI is InChI=1S/C15H16N4OS/c1-9(2)13-17-11-8-10(4-5-12(11)19(13)3)14(20)18-15-16-6-7-21-15/h4-9H,1-3H3,(H,16,18,20). The van der Waals surface area contributed by atoms with Crippen molar-refractivity contribution in [3.8, 4) is 0 Å². The molecule has 0 aliphatic rings. The van der Waals surface area contributed by atoms with Gasteiger partial charge in [0.15, 0.2) is 5.13 Å². The van der Waals surface area contributed by atoms with E-state index in [-0.39, 0.29) is 5.91 Å². The van der Waals surface area contributed by atoms with E-state index in [1.165, 1.54) is 11.3 Å². The number of aryl methyl sites for hydroxylation is 1. The highest BCUT2D eigenvalue weighted by Crippen LogP contribution is 2.22. The predicted octanol–water partition coefficient (Wildman–Crippen LogP) is 3.41. The fourth-order valence-electron chi connectivity index (χ4n) is 2.33. The molecular weight excluding hydrogens is 284 g/mol. The van der Waals surface area contributed by atoms with E-state index in [0.717, 1.165) is 16.9 Å². The third kappa shape index (κ3) is 2.54. The van der Waals surface area contributed by atoms with Crippen molar-refractivity contribution < 1.29 is 4.79 Å². The Morgan fingerprint density at radius 3 is 2.86 bits per heavy atom. The summed E-state index contributed by atoms with van der Waals surface area (Å²) in [6, 6.07) is 5.58. The van der Waals surface area contributed by atoms with Gasteiger partial charge in [-0.3, -0.25) is 10.1 Å². The van der Waals surface area contributed by atoms with Gasteiger partial charge in [-0.1, -0.05) is 13.8 Å². The van der Waals surface area contributed by atoms with E-state index < -0.39 is 0 Å². The molecule has 0 radical (unpaired) electrons. The van der Waals surface area contributed by atoms with Gasteiger partial charge in [-0.15, -0.1) is 11.3 Å². The third-order valence-corrected chi connectivity index (χ3v) is 4.04. The second kappa shape index (κ2) is 5.29. The quantitative estimate of drug-likeness (QED) is 0.806. The molecule has 0 saturated heterocycles. The molecule has 1 amide bonds. The van der Waals surface area contributed by atoms with Gasteiger partial charge in [0.2, 0.25) is 0 Å². The Labute approximate surface area is 126 Å². The lowest BCUT2D eigenvalue weighted by Gasteiger charge is -2.04. The molecule has 2 aromatic heterocycles. The van der Waals surface area contributed by atoms with E-state index in [2.05, 4.69) is 33.7 Å². The normalized spacial score (nSPS) is 11.2. The summed E-state index contributed by atoms with van der Waals surface area (Å²) in [5.41, 5.74) is 2.46. The van der Waals surface area contributed by atoms with Crippen molar-refractivity contribution in [2.45, 2.75) is 19.8 Å². The molecule has 3 aromatic rings. The maximum absolute atomic E-state index is 12.2. The van der Waals surface area contributed by atoms with Gasteiger partial charge in [-0.25, -0.2) is 9.97 Å². The van der Waals surface area contributed by atoms with Gasteiger partial charge >= 0.3 is 0 Å². The summed E-state index contributed by atoms with van der Waals surface area (Å²) in [5.74, 6) is 1.20. The largest absolute Gasteiger partial charge is 0.331 e. The van der Waals surface area contributed by atoms with Crippen LogP contribution < -0.4 is 5.32 Å². The van der Waals surface area contributed by atoms with Crippen LogP contribution in [0, 0.1) is 0 Å². The van der Waals surface area contributed by atoms with Crippen LogP contribution in [0.5, 0.6) is 0 Å². The summed E-state index contributed by atoms with van der Waals surface area (Å²) in [5, 5.41) is 5.21. The zero-order valence-corrected chi connectivity index (χ0v) is 12.9. The number of benzene rings is 1. The van der Waals surface area contributed by atoms with Gasteiger partial charge in [0.25, 0.3) is 5.91 Å². The molecule has 6 heteroatoms. The summed E-state index contributed by atoms with van der Waals surface area (Å²) in [6.07, 6.45) is 1.66. The lowest BCUT2D eigenvalue weighted by atomic mass is 10.2. The molecule has 0 fully saturated rings. The van der Waals surface area contributed by atoms with Crippen LogP contribution in [-0.4, -0.2) is 20.4 Å². The van der Waals surface area contributed by atoms with Crippen molar-refractivity contribution in [3.63, 3.8) is 0 Å². The first-order valence-electron chi connectivity index (χ1n) is 6.73. The number of hydrogen-bond donors (Lipinski definition) is 1. The number of anilines is 1. The second-order valence-corrected chi connectivity index (χ2v) is 6.07. The molecule has 5 nitrogen and oxygen atoms in total. The number of thiazole rings is 1. The van der Waals surface area contributed by atoms with Gasteiger partial charge in [0.1, 0.15) is 5.82 Å². The molecule has 108 valence electrons. The molecule has 1 N–H and O–H groups in total. The lowest BCUT2D eigenvalue weighted by molar-refractivity contribution is 0.102. The van der Waals surface area contributed by atoms with E-state index in [0.29, 0.717) is 16.6 Å². The second-order valence-electron chi connectivity index (χ2n) is 5.18. The molecule has 3 rings (SSSR count). The fourth-order valence-corrected chi connectivity index (χ4v) is 2.85. The average molecular weight is 300 g/mol. The maximum atomic E-state index is 12.2.